The molecule has 0 spiro atoms. The van der Waals surface area contributed by atoms with Crippen molar-refractivity contribution in [1.82, 2.24) is 0 Å². The number of ketones is 1. The molecule has 0 amide bonds. The van der Waals surface area contributed by atoms with Crippen molar-refractivity contribution in [3.8, 4) is 12.3 Å². The van der Waals surface area contributed by atoms with Gasteiger partial charge < -0.3 is 10.0 Å². The highest BCUT2D eigenvalue weighted by Crippen LogP contribution is 2.65. The predicted molar refractivity (Wildman–Crippen MR) is 159 cm³/mol. The van der Waals surface area contributed by atoms with E-state index in [2.05, 4.69) is 69.8 Å². The molecule has 1 aromatic carbocycles. The highest BCUT2D eigenvalue weighted by atomic mass is 16.3. The Labute approximate surface area is 232 Å². The molecule has 0 bridgehead atoms. The Kier molecular flexibility index (Phi) is 8.00. The van der Waals surface area contributed by atoms with Crippen LogP contribution in [0.25, 0.3) is 0 Å². The highest BCUT2D eigenvalue weighted by molar-refractivity contribution is 5.91. The van der Waals surface area contributed by atoms with Gasteiger partial charge in [-0.15, -0.1) is 12.3 Å². The number of aliphatic hydroxyl groups is 1. The minimum Gasteiger partial charge on any atom is -0.393 e. The highest BCUT2D eigenvalue weighted by Gasteiger charge is 2.59. The van der Waals surface area contributed by atoms with E-state index in [0.717, 1.165) is 25.7 Å². The summed E-state index contributed by atoms with van der Waals surface area (Å²) in [6.07, 6.45) is 14.1. The van der Waals surface area contributed by atoms with Crippen LogP contribution in [0, 0.1) is 46.8 Å². The van der Waals surface area contributed by atoms with Crippen molar-refractivity contribution in [3.05, 3.63) is 41.5 Å². The molecule has 0 aromatic heterocycles. The lowest BCUT2D eigenvalue weighted by atomic mass is 9.48. The van der Waals surface area contributed by atoms with Gasteiger partial charge in [0.2, 0.25) is 0 Å². The van der Waals surface area contributed by atoms with Crippen molar-refractivity contribution in [2.24, 2.45) is 34.5 Å². The molecule has 3 saturated carbocycles. The van der Waals surface area contributed by atoms with E-state index in [4.69, 9.17) is 6.42 Å². The first kappa shape index (κ1) is 28.9. The Balaban J connectivity index is 0.000000505. The number of benzene rings is 1. The van der Waals surface area contributed by atoms with Gasteiger partial charge in [0, 0.05) is 30.1 Å². The van der Waals surface area contributed by atoms with Gasteiger partial charge in [0.1, 0.15) is 0 Å². The fraction of sp³-hybridized carbons (Fsp3) is 0.686. The second-order valence-electron chi connectivity index (χ2n) is 14.8. The van der Waals surface area contributed by atoms with E-state index in [1.165, 1.54) is 29.7 Å². The Morgan fingerprint density at radius 3 is 2.18 bits per heavy atom. The van der Waals surface area contributed by atoms with Crippen LogP contribution in [0.1, 0.15) is 105 Å². The molecule has 208 valence electrons. The molecule has 7 unspecified atom stereocenters. The van der Waals surface area contributed by atoms with Crippen molar-refractivity contribution in [2.45, 2.75) is 111 Å². The summed E-state index contributed by atoms with van der Waals surface area (Å²) in [6, 6.07) is 9.30. The van der Waals surface area contributed by atoms with Gasteiger partial charge in [-0.1, -0.05) is 24.6 Å². The number of rotatable bonds is 2. The first-order valence-corrected chi connectivity index (χ1v) is 14.9. The predicted octanol–water partition coefficient (Wildman–Crippen LogP) is 7.78. The lowest BCUT2D eigenvalue weighted by Gasteiger charge is -2.57. The van der Waals surface area contributed by atoms with Crippen LogP contribution < -0.4 is 4.90 Å². The number of hydrogen-bond donors (Lipinski definition) is 1. The number of hydrogen-bond acceptors (Lipinski definition) is 3. The maximum absolute atomic E-state index is 12.2. The van der Waals surface area contributed by atoms with E-state index in [1.807, 2.05) is 26.8 Å². The molecule has 7 atom stereocenters. The molecule has 4 aliphatic rings. The van der Waals surface area contributed by atoms with Gasteiger partial charge in [-0.3, -0.25) is 4.79 Å². The number of anilines is 1. The van der Waals surface area contributed by atoms with E-state index in [9.17, 15) is 9.90 Å². The summed E-state index contributed by atoms with van der Waals surface area (Å²) in [5, 5.41) is 11.0. The molecule has 1 aromatic rings. The van der Waals surface area contributed by atoms with E-state index in [-0.39, 0.29) is 22.5 Å². The molecule has 4 aliphatic carbocycles. The lowest BCUT2D eigenvalue weighted by Crippen LogP contribution is -2.50. The minimum absolute atomic E-state index is 0.0262. The summed E-state index contributed by atoms with van der Waals surface area (Å²) in [4.78, 5) is 14.5. The van der Waals surface area contributed by atoms with Gasteiger partial charge in [-0.25, -0.2) is 0 Å². The van der Waals surface area contributed by atoms with Gasteiger partial charge in [-0.2, -0.15) is 0 Å². The third-order valence-corrected chi connectivity index (χ3v) is 10.4. The Morgan fingerprint density at radius 1 is 0.974 bits per heavy atom. The van der Waals surface area contributed by atoms with Crippen LogP contribution in [0.5, 0.6) is 0 Å². The van der Waals surface area contributed by atoms with Crippen LogP contribution in [-0.4, -0.2) is 29.6 Å². The van der Waals surface area contributed by atoms with Gasteiger partial charge in [0.15, 0.2) is 5.78 Å². The molecule has 3 fully saturated rings. The number of aliphatic hydroxyl groups excluding tert-OH is 1. The molecule has 0 aliphatic heterocycles. The molecule has 38 heavy (non-hydrogen) atoms. The Morgan fingerprint density at radius 2 is 1.61 bits per heavy atom. The van der Waals surface area contributed by atoms with Crippen LogP contribution in [0.3, 0.4) is 0 Å². The zero-order chi connectivity index (χ0) is 28.0. The van der Waals surface area contributed by atoms with Crippen molar-refractivity contribution in [1.29, 1.82) is 0 Å². The molecule has 1 N–H and O–H groups in total. The van der Waals surface area contributed by atoms with Crippen molar-refractivity contribution in [3.63, 3.8) is 0 Å². The van der Waals surface area contributed by atoms with Crippen LogP contribution in [0.4, 0.5) is 5.69 Å². The van der Waals surface area contributed by atoms with E-state index >= 15 is 0 Å². The van der Waals surface area contributed by atoms with E-state index in [1.54, 1.807) is 0 Å². The molecule has 0 heterocycles. The van der Waals surface area contributed by atoms with Crippen LogP contribution in [-0.2, 0) is 4.79 Å². The van der Waals surface area contributed by atoms with Gasteiger partial charge in [0.25, 0.3) is 0 Å². The topological polar surface area (TPSA) is 40.5 Å². The van der Waals surface area contributed by atoms with Crippen LogP contribution in [0.2, 0.25) is 0 Å². The number of carbonyl (C=O) groups excluding carboxylic acids is 1. The zero-order valence-corrected chi connectivity index (χ0v) is 25.2. The SMILES string of the molecule is C#CC(C)(C)C.CN(c1ccc(C2CC3(C)C(O)CCC3C3CCC4=CC(=O)CCC4C23)cc1)C(C)(C)C. The molecule has 3 heteroatoms. The third kappa shape index (κ3) is 5.62. The van der Waals surface area contributed by atoms with Gasteiger partial charge in [0.05, 0.1) is 6.10 Å². The number of terminal acetylenes is 1. The second-order valence-corrected chi connectivity index (χ2v) is 14.8. The molecule has 0 saturated heterocycles. The summed E-state index contributed by atoms with van der Waals surface area (Å²) in [7, 11) is 2.17. The molecule has 5 rings (SSSR count). The fourth-order valence-corrected chi connectivity index (χ4v) is 7.96. The van der Waals surface area contributed by atoms with E-state index in [0.29, 0.717) is 41.8 Å². The summed E-state index contributed by atoms with van der Waals surface area (Å²) in [5.74, 6) is 5.86. The smallest absolute Gasteiger partial charge is 0.155 e. The summed E-state index contributed by atoms with van der Waals surface area (Å²) < 4.78 is 0. The monoisotopic (exact) mass is 517 g/mol. The average molecular weight is 518 g/mol. The number of nitrogens with zero attached hydrogens (tertiary/aromatic N) is 1. The summed E-state index contributed by atoms with van der Waals surface area (Å²) in [5.41, 5.74) is 4.30. The number of allylic oxidation sites excluding steroid dienone is 1. The molecular formula is C35H51NO2. The summed E-state index contributed by atoms with van der Waals surface area (Å²) >= 11 is 0. The van der Waals surface area contributed by atoms with Gasteiger partial charge >= 0.3 is 0 Å². The summed E-state index contributed by atoms with van der Waals surface area (Å²) in [6.45, 7) is 15.1. The zero-order valence-electron chi connectivity index (χ0n) is 25.2. The minimum atomic E-state index is -0.174. The maximum atomic E-state index is 12.2. The Hall–Kier alpha value is -2.05. The fourth-order valence-electron chi connectivity index (χ4n) is 7.96. The number of fused-ring (bicyclic) bond motifs is 5. The quantitative estimate of drug-likeness (QED) is 0.407. The first-order chi connectivity index (χ1) is 17.7. The van der Waals surface area contributed by atoms with Crippen LogP contribution in [0.15, 0.2) is 35.9 Å². The first-order valence-electron chi connectivity index (χ1n) is 14.9. The maximum Gasteiger partial charge on any atom is 0.155 e. The largest absolute Gasteiger partial charge is 0.393 e. The molecule has 3 nitrogen and oxygen atoms in total. The van der Waals surface area contributed by atoms with Crippen LogP contribution >= 0.6 is 0 Å². The van der Waals surface area contributed by atoms with Crippen molar-refractivity contribution < 1.29 is 9.90 Å². The normalized spacial score (nSPS) is 34.5. The molecule has 0 radical (unpaired) electrons. The molecular weight excluding hydrogens is 466 g/mol. The lowest BCUT2D eigenvalue weighted by molar-refractivity contribution is -0.116. The van der Waals surface area contributed by atoms with E-state index < -0.39 is 0 Å². The average Bonchev–Trinajstić information content (AvgIpc) is 3.16. The Bertz CT molecular complexity index is 1080. The second kappa shape index (κ2) is 10.5. The van der Waals surface area contributed by atoms with Crippen molar-refractivity contribution in [2.75, 3.05) is 11.9 Å². The number of carbonyl (C=O) groups is 1. The van der Waals surface area contributed by atoms with Gasteiger partial charge in [-0.05, 0) is 139 Å². The third-order valence-electron chi connectivity index (χ3n) is 10.4. The van der Waals surface area contributed by atoms with Crippen molar-refractivity contribution >= 4 is 11.5 Å². The standard InChI is InChI=1S/C29H41NO2.C6H10/c1-28(2,3)30(5)20-9-6-18(7-10-20)24-17-29(4)25(14-15-26(29)32)23-12-8-19-16-21(31)11-13-22(19)27(23)24;1-5-6(2,3)4/h6-7,9-10,16,22-27,32H,8,11-15,17H2,1-5H3;1H,2-4H3.